The van der Waals surface area contributed by atoms with Crippen molar-refractivity contribution in [1.82, 2.24) is 0 Å². The SMILES string of the molecule is C=Cc1ccc(C2(c3ccc(C=C)cc3)c3ccccc3-c3c(N(c4ccc(-c5ccccc5)cc4)c4ccc5c(c4)C(CCCCCCCC)(CCCCCCCC)c4ccccc4-5)cccc32)cc1. The van der Waals surface area contributed by atoms with Crippen LogP contribution in [-0.2, 0) is 10.8 Å². The summed E-state index contributed by atoms with van der Waals surface area (Å²) in [4.78, 5) is 2.59. The Morgan fingerprint density at radius 2 is 0.887 bits per heavy atom. The summed E-state index contributed by atoms with van der Waals surface area (Å²) in [5.74, 6) is 0. The Labute approximate surface area is 425 Å². The minimum Gasteiger partial charge on any atom is -0.310 e. The summed E-state index contributed by atoms with van der Waals surface area (Å²) in [6, 6.07) is 71.5. The van der Waals surface area contributed by atoms with Crippen molar-refractivity contribution in [2.75, 3.05) is 4.90 Å². The summed E-state index contributed by atoms with van der Waals surface area (Å²) >= 11 is 0. The second-order valence-corrected chi connectivity index (χ2v) is 20.3. The Bertz CT molecular complexity index is 3010. The molecule has 0 atom stereocenters. The molecule has 0 saturated heterocycles. The molecule has 2 aliphatic rings. The van der Waals surface area contributed by atoms with E-state index in [2.05, 4.69) is 220 Å². The van der Waals surface area contributed by atoms with Crippen LogP contribution in [0, 0.1) is 0 Å². The molecule has 0 fully saturated rings. The molecule has 10 rings (SSSR count). The normalized spacial score (nSPS) is 13.5. The highest BCUT2D eigenvalue weighted by atomic mass is 15.1. The second kappa shape index (κ2) is 21.6. The highest BCUT2D eigenvalue weighted by molar-refractivity contribution is 5.98. The van der Waals surface area contributed by atoms with E-state index in [1.165, 1.54) is 168 Å². The average Bonchev–Trinajstić information content (AvgIpc) is 3.89. The Morgan fingerprint density at radius 3 is 1.49 bits per heavy atom. The summed E-state index contributed by atoms with van der Waals surface area (Å²) in [7, 11) is 0. The molecule has 71 heavy (non-hydrogen) atoms. The third-order valence-electron chi connectivity index (χ3n) is 16.1. The van der Waals surface area contributed by atoms with Crippen LogP contribution in [-0.4, -0.2) is 0 Å². The number of anilines is 3. The van der Waals surface area contributed by atoms with Gasteiger partial charge >= 0.3 is 0 Å². The van der Waals surface area contributed by atoms with Gasteiger partial charge in [-0.15, -0.1) is 0 Å². The number of fused-ring (bicyclic) bond motifs is 6. The molecule has 0 N–H and O–H groups in total. The van der Waals surface area contributed by atoms with E-state index in [9.17, 15) is 0 Å². The molecule has 0 bridgehead atoms. The van der Waals surface area contributed by atoms with E-state index in [0.29, 0.717) is 0 Å². The lowest BCUT2D eigenvalue weighted by Gasteiger charge is -2.35. The molecule has 1 heteroatoms. The van der Waals surface area contributed by atoms with E-state index in [1.54, 1.807) is 0 Å². The molecule has 1 nitrogen and oxygen atoms in total. The number of benzene rings is 8. The fourth-order valence-corrected chi connectivity index (χ4v) is 12.5. The van der Waals surface area contributed by atoms with Crippen LogP contribution in [0.1, 0.15) is 148 Å². The first kappa shape index (κ1) is 47.7. The van der Waals surface area contributed by atoms with Crippen LogP contribution in [0.2, 0.25) is 0 Å². The lowest BCUT2D eigenvalue weighted by molar-refractivity contribution is 0.398. The number of nitrogens with zero attached hydrogens (tertiary/aromatic N) is 1. The standard InChI is InChI=1S/C70H71N/c1-5-9-11-13-15-24-49-69(50-25-16-14-12-10-6-2)63-31-22-20-29-60(63)61-48-47-59(51-66(61)69)71(58-45-39-55(40-46-58)54-27-18-17-19-28-54)67-34-26-33-65-68(67)62-30-21-23-32-64(62)70(65,56-41-35-52(7-3)36-42-56)57-43-37-53(8-4)38-44-57/h7-8,17-23,26-48,51H,3-6,9-16,24-25,49-50H2,1-2H3. The van der Waals surface area contributed by atoms with Gasteiger partial charge in [0.1, 0.15) is 0 Å². The first-order valence-corrected chi connectivity index (χ1v) is 26.9. The molecule has 0 aromatic heterocycles. The summed E-state index contributed by atoms with van der Waals surface area (Å²) in [6.07, 6.45) is 21.8. The molecule has 8 aromatic rings. The number of hydrogen-bond donors (Lipinski definition) is 0. The zero-order valence-electron chi connectivity index (χ0n) is 42.3. The van der Waals surface area contributed by atoms with Crippen LogP contribution in [0.15, 0.2) is 201 Å². The Balaban J connectivity index is 1.19. The van der Waals surface area contributed by atoms with Crippen molar-refractivity contribution in [2.45, 2.75) is 115 Å². The van der Waals surface area contributed by atoms with E-state index in [1.807, 2.05) is 12.2 Å². The highest BCUT2D eigenvalue weighted by Crippen LogP contribution is 2.61. The number of unbranched alkanes of at least 4 members (excludes halogenated alkanes) is 10. The maximum atomic E-state index is 4.12. The van der Waals surface area contributed by atoms with E-state index in [-0.39, 0.29) is 5.41 Å². The third kappa shape index (κ3) is 8.95. The van der Waals surface area contributed by atoms with Gasteiger partial charge in [-0.3, -0.25) is 0 Å². The molecule has 0 spiro atoms. The fourth-order valence-electron chi connectivity index (χ4n) is 12.5. The minimum atomic E-state index is -0.576. The Kier molecular flexibility index (Phi) is 14.5. The van der Waals surface area contributed by atoms with Gasteiger partial charge in [0.2, 0.25) is 0 Å². The molecule has 0 heterocycles. The van der Waals surface area contributed by atoms with Crippen LogP contribution in [0.5, 0.6) is 0 Å². The smallest absolute Gasteiger partial charge is 0.0714 e. The van der Waals surface area contributed by atoms with Gasteiger partial charge < -0.3 is 4.90 Å². The van der Waals surface area contributed by atoms with E-state index >= 15 is 0 Å². The molecule has 0 radical (unpaired) electrons. The van der Waals surface area contributed by atoms with Gasteiger partial charge in [0.05, 0.1) is 11.1 Å². The monoisotopic (exact) mass is 926 g/mol. The van der Waals surface area contributed by atoms with Crippen LogP contribution in [0.3, 0.4) is 0 Å². The van der Waals surface area contributed by atoms with Gasteiger partial charge in [-0.1, -0.05) is 274 Å². The van der Waals surface area contributed by atoms with Gasteiger partial charge in [-0.2, -0.15) is 0 Å². The summed E-state index contributed by atoms with van der Waals surface area (Å²) in [5.41, 5.74) is 21.0. The van der Waals surface area contributed by atoms with Gasteiger partial charge in [-0.25, -0.2) is 0 Å². The first-order chi connectivity index (χ1) is 35.0. The van der Waals surface area contributed by atoms with Gasteiger partial charge in [0.25, 0.3) is 0 Å². The molecule has 356 valence electrons. The summed E-state index contributed by atoms with van der Waals surface area (Å²) in [5, 5.41) is 0. The van der Waals surface area contributed by atoms with E-state index < -0.39 is 5.41 Å². The lowest BCUT2D eigenvalue weighted by atomic mass is 9.67. The third-order valence-corrected chi connectivity index (χ3v) is 16.1. The molecule has 8 aromatic carbocycles. The Hall–Kier alpha value is -6.96. The summed E-state index contributed by atoms with van der Waals surface area (Å²) in [6.45, 7) is 12.9. The van der Waals surface area contributed by atoms with Crippen molar-refractivity contribution in [3.8, 4) is 33.4 Å². The van der Waals surface area contributed by atoms with E-state index in [4.69, 9.17) is 0 Å². The van der Waals surface area contributed by atoms with Crippen LogP contribution < -0.4 is 4.90 Å². The van der Waals surface area contributed by atoms with E-state index in [0.717, 1.165) is 16.8 Å². The molecule has 0 saturated carbocycles. The highest BCUT2D eigenvalue weighted by Gasteiger charge is 2.48. The molecule has 0 amide bonds. The molecular formula is C70H71N. The van der Waals surface area contributed by atoms with Crippen molar-refractivity contribution in [3.63, 3.8) is 0 Å². The maximum absolute atomic E-state index is 4.12. The van der Waals surface area contributed by atoms with Crippen molar-refractivity contribution in [1.29, 1.82) is 0 Å². The zero-order valence-corrected chi connectivity index (χ0v) is 42.3. The predicted octanol–water partition coefficient (Wildman–Crippen LogP) is 20.2. The molecular weight excluding hydrogens is 855 g/mol. The average molecular weight is 926 g/mol. The second-order valence-electron chi connectivity index (χ2n) is 20.3. The predicted molar refractivity (Wildman–Crippen MR) is 306 cm³/mol. The van der Waals surface area contributed by atoms with Crippen LogP contribution >= 0.6 is 0 Å². The van der Waals surface area contributed by atoms with Crippen molar-refractivity contribution >= 4 is 29.2 Å². The molecule has 0 aliphatic heterocycles. The Morgan fingerprint density at radius 1 is 0.394 bits per heavy atom. The maximum Gasteiger partial charge on any atom is 0.0714 e. The fraction of sp³-hybridized carbons (Fsp3) is 0.257. The number of rotatable bonds is 22. The topological polar surface area (TPSA) is 3.24 Å². The first-order valence-electron chi connectivity index (χ1n) is 26.9. The summed E-state index contributed by atoms with van der Waals surface area (Å²) < 4.78 is 0. The largest absolute Gasteiger partial charge is 0.310 e. The quantitative estimate of drug-likeness (QED) is 0.0612. The van der Waals surface area contributed by atoms with Gasteiger partial charge in [0, 0.05) is 22.4 Å². The van der Waals surface area contributed by atoms with Crippen molar-refractivity contribution in [2.24, 2.45) is 0 Å². The molecule has 0 unspecified atom stereocenters. The van der Waals surface area contributed by atoms with Crippen molar-refractivity contribution in [3.05, 3.63) is 246 Å². The van der Waals surface area contributed by atoms with Crippen LogP contribution in [0.4, 0.5) is 17.1 Å². The zero-order chi connectivity index (χ0) is 48.6. The minimum absolute atomic E-state index is 0.0458. The number of hydrogen-bond acceptors (Lipinski definition) is 1. The van der Waals surface area contributed by atoms with Crippen LogP contribution in [0.25, 0.3) is 45.5 Å². The van der Waals surface area contributed by atoms with Crippen molar-refractivity contribution < 1.29 is 0 Å². The van der Waals surface area contributed by atoms with Gasteiger partial charge in [0.15, 0.2) is 0 Å². The van der Waals surface area contributed by atoms with Gasteiger partial charge in [-0.05, 0) is 115 Å². The lowest BCUT2D eigenvalue weighted by Crippen LogP contribution is -2.28. The molecule has 2 aliphatic carbocycles.